The predicted octanol–water partition coefficient (Wildman–Crippen LogP) is 4.42. The average Bonchev–Trinajstić information content (AvgIpc) is 2.71. The van der Waals surface area contributed by atoms with Gasteiger partial charge < -0.3 is 9.73 Å². The van der Waals surface area contributed by atoms with E-state index in [9.17, 15) is 0 Å². The van der Waals surface area contributed by atoms with E-state index < -0.39 is 0 Å². The summed E-state index contributed by atoms with van der Waals surface area (Å²) in [4.78, 5) is 0. The molecule has 2 aromatic rings. The smallest absolute Gasteiger partial charge is 0.169 e. The highest BCUT2D eigenvalue weighted by Crippen LogP contribution is 2.28. The summed E-state index contributed by atoms with van der Waals surface area (Å²) in [6.07, 6.45) is 0. The molecule has 1 aromatic heterocycles. The zero-order valence-corrected chi connectivity index (χ0v) is 12.8. The van der Waals surface area contributed by atoms with Crippen LogP contribution in [0.4, 0.5) is 0 Å². The fourth-order valence-electron chi connectivity index (χ4n) is 1.75. The number of aryl methyl sites for hydroxylation is 1. The van der Waals surface area contributed by atoms with Crippen molar-refractivity contribution in [2.24, 2.45) is 0 Å². The molecule has 17 heavy (non-hydrogen) atoms. The number of benzene rings is 1. The lowest BCUT2D eigenvalue weighted by atomic mass is 10.0. The molecular formula is C13H13Br2NO. The third-order valence-electron chi connectivity index (χ3n) is 2.70. The zero-order valence-electron chi connectivity index (χ0n) is 9.63. The number of nitrogens with one attached hydrogen (secondary N) is 1. The Labute approximate surface area is 118 Å². The summed E-state index contributed by atoms with van der Waals surface area (Å²) in [7, 11) is 1.93. The number of furan rings is 1. The first-order valence-corrected chi connectivity index (χ1v) is 6.89. The van der Waals surface area contributed by atoms with Crippen LogP contribution in [0.15, 0.2) is 43.9 Å². The highest BCUT2D eigenvalue weighted by Gasteiger charge is 2.16. The second-order valence-corrected chi connectivity index (χ2v) is 5.51. The molecule has 2 rings (SSSR count). The Hall–Kier alpha value is -0.580. The van der Waals surface area contributed by atoms with Gasteiger partial charge in [-0.3, -0.25) is 0 Å². The summed E-state index contributed by atoms with van der Waals surface area (Å²) in [5, 5.41) is 3.26. The summed E-state index contributed by atoms with van der Waals surface area (Å²) in [5.41, 5.74) is 2.40. The molecule has 0 saturated carbocycles. The topological polar surface area (TPSA) is 25.2 Å². The molecule has 0 saturated heterocycles. The van der Waals surface area contributed by atoms with Gasteiger partial charge in [0.1, 0.15) is 5.76 Å². The molecule has 0 radical (unpaired) electrons. The van der Waals surface area contributed by atoms with Crippen LogP contribution in [0.1, 0.15) is 22.9 Å². The van der Waals surface area contributed by atoms with Gasteiger partial charge in [-0.15, -0.1) is 0 Å². The molecule has 0 aliphatic rings. The quantitative estimate of drug-likeness (QED) is 0.878. The lowest BCUT2D eigenvalue weighted by Gasteiger charge is -2.15. The third kappa shape index (κ3) is 2.81. The zero-order chi connectivity index (χ0) is 12.4. The Morgan fingerprint density at radius 2 is 1.94 bits per heavy atom. The Kier molecular flexibility index (Phi) is 4.07. The van der Waals surface area contributed by atoms with Gasteiger partial charge >= 0.3 is 0 Å². The molecule has 2 nitrogen and oxygen atoms in total. The minimum absolute atomic E-state index is 0.0678. The molecule has 1 N–H and O–H groups in total. The van der Waals surface area contributed by atoms with Crippen molar-refractivity contribution in [3.63, 3.8) is 0 Å². The van der Waals surface area contributed by atoms with Crippen molar-refractivity contribution in [1.29, 1.82) is 0 Å². The number of hydrogen-bond donors (Lipinski definition) is 1. The first-order chi connectivity index (χ1) is 8.11. The van der Waals surface area contributed by atoms with Gasteiger partial charge in [0.15, 0.2) is 4.67 Å². The lowest BCUT2D eigenvalue weighted by molar-refractivity contribution is 0.447. The van der Waals surface area contributed by atoms with Crippen LogP contribution in [0.3, 0.4) is 0 Å². The second kappa shape index (κ2) is 5.38. The number of hydrogen-bond acceptors (Lipinski definition) is 2. The standard InChI is InChI=1S/C13H13Br2NO/c1-8-3-4-9(7-10(8)14)13(16-2)11-5-6-12(15)17-11/h3-7,13,16H,1-2H3. The molecule has 1 atom stereocenters. The molecule has 90 valence electrons. The molecule has 0 aliphatic heterocycles. The molecule has 0 amide bonds. The van der Waals surface area contributed by atoms with Gasteiger partial charge in [0, 0.05) is 4.47 Å². The maximum Gasteiger partial charge on any atom is 0.169 e. The summed E-state index contributed by atoms with van der Waals surface area (Å²) in [5.74, 6) is 0.898. The van der Waals surface area contributed by atoms with Gasteiger partial charge in [-0.05, 0) is 59.2 Å². The third-order valence-corrected chi connectivity index (χ3v) is 3.98. The Balaban J connectivity index is 2.38. The van der Waals surface area contributed by atoms with Gasteiger partial charge in [0.25, 0.3) is 0 Å². The largest absolute Gasteiger partial charge is 0.452 e. The molecule has 1 heterocycles. The molecular weight excluding hydrogens is 346 g/mol. The van der Waals surface area contributed by atoms with Crippen molar-refractivity contribution in [3.8, 4) is 0 Å². The Morgan fingerprint density at radius 3 is 2.47 bits per heavy atom. The van der Waals surface area contributed by atoms with Gasteiger partial charge in [0.05, 0.1) is 6.04 Å². The first kappa shape index (κ1) is 12.9. The van der Waals surface area contributed by atoms with E-state index in [4.69, 9.17) is 4.42 Å². The van der Waals surface area contributed by atoms with E-state index in [-0.39, 0.29) is 6.04 Å². The predicted molar refractivity (Wildman–Crippen MR) is 76.2 cm³/mol. The van der Waals surface area contributed by atoms with E-state index >= 15 is 0 Å². The van der Waals surface area contributed by atoms with Crippen LogP contribution in [0.5, 0.6) is 0 Å². The minimum Gasteiger partial charge on any atom is -0.452 e. The van der Waals surface area contributed by atoms with Crippen LogP contribution in [0, 0.1) is 6.92 Å². The minimum atomic E-state index is 0.0678. The van der Waals surface area contributed by atoms with Gasteiger partial charge in [-0.25, -0.2) is 0 Å². The number of rotatable bonds is 3. The molecule has 0 aliphatic carbocycles. The highest BCUT2D eigenvalue weighted by atomic mass is 79.9. The second-order valence-electron chi connectivity index (χ2n) is 3.87. The fourth-order valence-corrected chi connectivity index (χ4v) is 2.46. The van der Waals surface area contributed by atoms with Crippen LogP contribution in [0.25, 0.3) is 0 Å². The van der Waals surface area contributed by atoms with Crippen molar-refractivity contribution in [2.45, 2.75) is 13.0 Å². The Morgan fingerprint density at radius 1 is 1.18 bits per heavy atom. The van der Waals surface area contributed by atoms with Crippen molar-refractivity contribution in [3.05, 3.63) is 56.4 Å². The summed E-state index contributed by atoms with van der Waals surface area (Å²) in [6, 6.07) is 10.3. The maximum absolute atomic E-state index is 5.60. The Bertz CT molecular complexity index is 522. The van der Waals surface area contributed by atoms with Crippen LogP contribution >= 0.6 is 31.9 Å². The van der Waals surface area contributed by atoms with Crippen molar-refractivity contribution < 1.29 is 4.42 Å². The average molecular weight is 359 g/mol. The van der Waals surface area contributed by atoms with E-state index in [2.05, 4.69) is 62.3 Å². The van der Waals surface area contributed by atoms with Gasteiger partial charge in [-0.2, -0.15) is 0 Å². The molecule has 0 fully saturated rings. The monoisotopic (exact) mass is 357 g/mol. The molecule has 4 heteroatoms. The van der Waals surface area contributed by atoms with E-state index in [1.165, 1.54) is 11.1 Å². The molecule has 1 aromatic carbocycles. The number of halogens is 2. The maximum atomic E-state index is 5.60. The first-order valence-electron chi connectivity index (χ1n) is 5.30. The van der Waals surface area contributed by atoms with E-state index in [0.717, 1.165) is 14.9 Å². The fraction of sp³-hybridized carbons (Fsp3) is 0.231. The van der Waals surface area contributed by atoms with Crippen LogP contribution in [-0.2, 0) is 0 Å². The van der Waals surface area contributed by atoms with Crippen LogP contribution in [-0.4, -0.2) is 7.05 Å². The highest BCUT2D eigenvalue weighted by molar-refractivity contribution is 9.10. The van der Waals surface area contributed by atoms with Crippen molar-refractivity contribution in [1.82, 2.24) is 5.32 Å². The van der Waals surface area contributed by atoms with Crippen LogP contribution in [0.2, 0.25) is 0 Å². The van der Waals surface area contributed by atoms with Gasteiger partial charge in [-0.1, -0.05) is 28.1 Å². The SMILES string of the molecule is CNC(c1ccc(C)c(Br)c1)c1ccc(Br)o1. The normalized spacial score (nSPS) is 12.7. The van der Waals surface area contributed by atoms with E-state index in [1.807, 2.05) is 19.2 Å². The van der Waals surface area contributed by atoms with Crippen LogP contribution < -0.4 is 5.32 Å². The van der Waals surface area contributed by atoms with Crippen molar-refractivity contribution >= 4 is 31.9 Å². The van der Waals surface area contributed by atoms with E-state index in [0.29, 0.717) is 0 Å². The van der Waals surface area contributed by atoms with E-state index in [1.54, 1.807) is 0 Å². The summed E-state index contributed by atoms with van der Waals surface area (Å²) in [6.45, 7) is 2.08. The molecule has 0 bridgehead atoms. The summed E-state index contributed by atoms with van der Waals surface area (Å²) >= 11 is 6.88. The lowest BCUT2D eigenvalue weighted by Crippen LogP contribution is -2.17. The summed E-state index contributed by atoms with van der Waals surface area (Å²) < 4.78 is 7.46. The van der Waals surface area contributed by atoms with Gasteiger partial charge in [0.2, 0.25) is 0 Å². The van der Waals surface area contributed by atoms with Crippen molar-refractivity contribution in [2.75, 3.05) is 7.05 Å². The molecule has 1 unspecified atom stereocenters. The molecule has 0 spiro atoms.